The summed E-state index contributed by atoms with van der Waals surface area (Å²) in [6.07, 6.45) is -4.43. The highest BCUT2D eigenvalue weighted by Crippen LogP contribution is 2.29. The molecule has 0 aliphatic rings. The average molecular weight is 337 g/mol. The molecule has 0 unspecified atom stereocenters. The number of hydrogen-bond donors (Lipinski definition) is 3. The molecule has 2 amide bonds. The number of primary amides is 1. The van der Waals surface area contributed by atoms with Crippen LogP contribution in [0.25, 0.3) is 0 Å². The van der Waals surface area contributed by atoms with Gasteiger partial charge in [0.25, 0.3) is 5.91 Å². The van der Waals surface area contributed by atoms with Gasteiger partial charge in [-0.15, -0.1) is 0 Å². The van der Waals surface area contributed by atoms with Crippen LogP contribution in [-0.4, -0.2) is 18.4 Å². The Morgan fingerprint density at radius 1 is 1.00 bits per heavy atom. The minimum Gasteiger partial charge on any atom is -0.376 e. The van der Waals surface area contributed by atoms with Gasteiger partial charge >= 0.3 is 6.18 Å². The van der Waals surface area contributed by atoms with Crippen LogP contribution < -0.4 is 16.4 Å². The van der Waals surface area contributed by atoms with Gasteiger partial charge in [0.2, 0.25) is 5.91 Å². The molecule has 24 heavy (non-hydrogen) atoms. The first-order valence-corrected chi connectivity index (χ1v) is 6.87. The summed E-state index contributed by atoms with van der Waals surface area (Å²) in [4.78, 5) is 23.1. The van der Waals surface area contributed by atoms with E-state index in [1.807, 2.05) is 0 Å². The summed E-state index contributed by atoms with van der Waals surface area (Å²) in [6.45, 7) is -0.175. The fraction of sp³-hybridized carbons (Fsp3) is 0.125. The van der Waals surface area contributed by atoms with Crippen molar-refractivity contribution in [2.24, 2.45) is 5.73 Å². The Hall–Kier alpha value is -3.03. The molecule has 0 aromatic heterocycles. The maximum absolute atomic E-state index is 12.5. The number of carbonyl (C=O) groups excluding carboxylic acids is 2. The Kier molecular flexibility index (Phi) is 5.08. The number of nitrogens with one attached hydrogen (secondary N) is 2. The predicted molar refractivity (Wildman–Crippen MR) is 83.5 cm³/mol. The monoisotopic (exact) mass is 337 g/mol. The largest absolute Gasteiger partial charge is 0.416 e. The first kappa shape index (κ1) is 17.3. The highest BCUT2D eigenvalue weighted by atomic mass is 19.4. The number of hydrogen-bond acceptors (Lipinski definition) is 3. The lowest BCUT2D eigenvalue weighted by atomic mass is 10.1. The van der Waals surface area contributed by atoms with Crippen molar-refractivity contribution >= 4 is 23.2 Å². The highest BCUT2D eigenvalue weighted by molar-refractivity contribution is 6.00. The van der Waals surface area contributed by atoms with Crippen LogP contribution in [0.5, 0.6) is 0 Å². The van der Waals surface area contributed by atoms with E-state index in [9.17, 15) is 22.8 Å². The number of rotatable bonds is 5. The van der Waals surface area contributed by atoms with Crippen LogP contribution in [0.4, 0.5) is 24.5 Å². The van der Waals surface area contributed by atoms with Gasteiger partial charge in [0.05, 0.1) is 17.7 Å². The summed E-state index contributed by atoms with van der Waals surface area (Å²) in [5, 5.41) is 5.21. The molecular formula is C16H14F3N3O2. The Balaban J connectivity index is 1.96. The quantitative estimate of drug-likeness (QED) is 0.784. The Morgan fingerprint density at radius 3 is 2.21 bits per heavy atom. The molecule has 0 fully saturated rings. The SMILES string of the molecule is NC(=O)c1ccccc1NCC(=O)Nc1ccc(C(F)(F)F)cc1. The summed E-state index contributed by atoms with van der Waals surface area (Å²) in [6, 6.07) is 10.5. The maximum atomic E-state index is 12.5. The van der Waals surface area contributed by atoms with Crippen LogP contribution in [-0.2, 0) is 11.0 Å². The van der Waals surface area contributed by atoms with Gasteiger partial charge in [0.1, 0.15) is 0 Å². The number of amides is 2. The summed E-state index contributed by atoms with van der Waals surface area (Å²) in [5.74, 6) is -1.12. The van der Waals surface area contributed by atoms with Crippen molar-refractivity contribution in [1.29, 1.82) is 0 Å². The zero-order valence-electron chi connectivity index (χ0n) is 12.4. The van der Waals surface area contributed by atoms with Gasteiger partial charge in [0.15, 0.2) is 0 Å². The third-order valence-electron chi connectivity index (χ3n) is 3.13. The molecule has 2 aromatic carbocycles. The first-order valence-electron chi connectivity index (χ1n) is 6.87. The molecule has 8 heteroatoms. The van der Waals surface area contributed by atoms with E-state index in [0.29, 0.717) is 5.69 Å². The molecule has 0 atom stereocenters. The van der Waals surface area contributed by atoms with Gasteiger partial charge in [-0.2, -0.15) is 13.2 Å². The van der Waals surface area contributed by atoms with Gasteiger partial charge < -0.3 is 16.4 Å². The fourth-order valence-corrected chi connectivity index (χ4v) is 1.98. The molecule has 2 rings (SSSR count). The van der Waals surface area contributed by atoms with E-state index < -0.39 is 23.6 Å². The van der Waals surface area contributed by atoms with Crippen LogP contribution in [0.2, 0.25) is 0 Å². The lowest BCUT2D eigenvalue weighted by Crippen LogP contribution is -2.23. The average Bonchev–Trinajstić information content (AvgIpc) is 2.53. The lowest BCUT2D eigenvalue weighted by molar-refractivity contribution is -0.137. The van der Waals surface area contributed by atoms with E-state index in [-0.39, 0.29) is 17.8 Å². The predicted octanol–water partition coefficient (Wildman–Crippen LogP) is 2.85. The molecule has 0 heterocycles. The molecule has 0 aliphatic heterocycles. The summed E-state index contributed by atoms with van der Waals surface area (Å²) < 4.78 is 37.4. The summed E-state index contributed by atoms with van der Waals surface area (Å²) in [7, 11) is 0. The van der Waals surface area contributed by atoms with E-state index >= 15 is 0 Å². The molecule has 126 valence electrons. The van der Waals surface area contributed by atoms with Crippen molar-refractivity contribution < 1.29 is 22.8 Å². The van der Waals surface area contributed by atoms with Gasteiger partial charge in [-0.1, -0.05) is 12.1 Å². The van der Waals surface area contributed by atoms with E-state index in [4.69, 9.17) is 5.73 Å². The van der Waals surface area contributed by atoms with Gasteiger partial charge in [-0.3, -0.25) is 9.59 Å². The second-order valence-electron chi connectivity index (χ2n) is 4.89. The molecule has 0 saturated heterocycles. The Morgan fingerprint density at radius 2 is 1.62 bits per heavy atom. The molecular weight excluding hydrogens is 323 g/mol. The fourth-order valence-electron chi connectivity index (χ4n) is 1.98. The molecule has 0 bridgehead atoms. The zero-order chi connectivity index (χ0) is 17.7. The number of nitrogens with two attached hydrogens (primary N) is 1. The molecule has 0 spiro atoms. The standard InChI is InChI=1S/C16H14F3N3O2/c17-16(18,19)10-5-7-11(8-6-10)22-14(23)9-21-13-4-2-1-3-12(13)15(20)24/h1-8,21H,9H2,(H2,20,24)(H,22,23). The molecule has 5 nitrogen and oxygen atoms in total. The van der Waals surface area contributed by atoms with Gasteiger partial charge in [0, 0.05) is 11.4 Å². The van der Waals surface area contributed by atoms with Crippen molar-refractivity contribution in [3.63, 3.8) is 0 Å². The molecule has 0 radical (unpaired) electrons. The number of para-hydroxylation sites is 1. The van der Waals surface area contributed by atoms with Crippen LogP contribution in [0.1, 0.15) is 15.9 Å². The minimum atomic E-state index is -4.43. The van der Waals surface area contributed by atoms with Crippen LogP contribution in [0, 0.1) is 0 Å². The van der Waals surface area contributed by atoms with Crippen molar-refractivity contribution in [3.05, 3.63) is 59.7 Å². The first-order chi connectivity index (χ1) is 11.3. The van der Waals surface area contributed by atoms with Crippen molar-refractivity contribution in [1.82, 2.24) is 0 Å². The number of alkyl halides is 3. The van der Waals surface area contributed by atoms with Crippen molar-refractivity contribution in [2.75, 3.05) is 17.2 Å². The lowest BCUT2D eigenvalue weighted by Gasteiger charge is -2.11. The van der Waals surface area contributed by atoms with Gasteiger partial charge in [-0.25, -0.2) is 0 Å². The molecule has 4 N–H and O–H groups in total. The third-order valence-corrected chi connectivity index (χ3v) is 3.13. The van der Waals surface area contributed by atoms with E-state index in [1.54, 1.807) is 18.2 Å². The zero-order valence-corrected chi connectivity index (χ0v) is 12.4. The number of benzene rings is 2. The van der Waals surface area contributed by atoms with Crippen molar-refractivity contribution in [3.8, 4) is 0 Å². The molecule has 0 saturated carbocycles. The minimum absolute atomic E-state index is 0.175. The van der Waals surface area contributed by atoms with Crippen LogP contribution in [0.15, 0.2) is 48.5 Å². The Labute approximate surface area is 135 Å². The number of halogens is 3. The molecule has 2 aromatic rings. The smallest absolute Gasteiger partial charge is 0.376 e. The van der Waals surface area contributed by atoms with Crippen LogP contribution >= 0.6 is 0 Å². The normalized spacial score (nSPS) is 11.0. The van der Waals surface area contributed by atoms with E-state index in [1.165, 1.54) is 6.07 Å². The topological polar surface area (TPSA) is 84.2 Å². The maximum Gasteiger partial charge on any atom is 0.416 e. The third kappa shape index (κ3) is 4.48. The highest BCUT2D eigenvalue weighted by Gasteiger charge is 2.29. The molecule has 0 aliphatic carbocycles. The Bertz CT molecular complexity index is 743. The summed E-state index contributed by atoms with van der Waals surface area (Å²) >= 11 is 0. The van der Waals surface area contributed by atoms with E-state index in [2.05, 4.69) is 10.6 Å². The summed E-state index contributed by atoms with van der Waals surface area (Å²) in [5.41, 5.74) is 5.29. The van der Waals surface area contributed by atoms with Crippen LogP contribution in [0.3, 0.4) is 0 Å². The van der Waals surface area contributed by atoms with E-state index in [0.717, 1.165) is 24.3 Å². The van der Waals surface area contributed by atoms with Gasteiger partial charge in [-0.05, 0) is 36.4 Å². The number of anilines is 2. The second-order valence-corrected chi connectivity index (χ2v) is 4.89. The second kappa shape index (κ2) is 7.03. The van der Waals surface area contributed by atoms with Crippen molar-refractivity contribution in [2.45, 2.75) is 6.18 Å². The number of carbonyl (C=O) groups is 2.